The van der Waals surface area contributed by atoms with Crippen LogP contribution < -0.4 is 5.32 Å². The molecule has 0 atom stereocenters. The van der Waals surface area contributed by atoms with E-state index in [1.165, 1.54) is 0 Å². The average Bonchev–Trinajstić information content (AvgIpc) is 2.06. The lowest BCUT2D eigenvalue weighted by molar-refractivity contribution is 0.0836. The zero-order valence-electron chi connectivity index (χ0n) is 7.07. The first kappa shape index (κ1) is 8.97. The quantitative estimate of drug-likeness (QED) is 0.832. The predicted molar refractivity (Wildman–Crippen MR) is 54.6 cm³/mol. The molecule has 2 N–H and O–H groups in total. The monoisotopic (exact) mass is 242 g/mol. The lowest BCUT2D eigenvalue weighted by Gasteiger charge is -2.33. The molecule has 0 aromatic carbocycles. The van der Waals surface area contributed by atoms with Gasteiger partial charge in [0.15, 0.2) is 0 Å². The lowest BCUT2D eigenvalue weighted by Crippen LogP contribution is -2.39. The summed E-state index contributed by atoms with van der Waals surface area (Å²) in [5, 5.41) is 12.4. The Morgan fingerprint density at radius 2 is 2.31 bits per heavy atom. The summed E-state index contributed by atoms with van der Waals surface area (Å²) in [7, 11) is 0. The van der Waals surface area contributed by atoms with Crippen LogP contribution in [0.25, 0.3) is 0 Å². The Morgan fingerprint density at radius 3 is 2.92 bits per heavy atom. The Kier molecular flexibility index (Phi) is 2.51. The van der Waals surface area contributed by atoms with E-state index in [1.54, 1.807) is 12.4 Å². The van der Waals surface area contributed by atoms with Crippen LogP contribution in [-0.4, -0.2) is 22.2 Å². The van der Waals surface area contributed by atoms with E-state index in [-0.39, 0.29) is 6.10 Å². The molecule has 3 nitrogen and oxygen atoms in total. The molecule has 0 saturated heterocycles. The maximum absolute atomic E-state index is 9.10. The van der Waals surface area contributed by atoms with Crippen molar-refractivity contribution in [1.82, 2.24) is 4.98 Å². The maximum atomic E-state index is 9.10. The number of aromatic nitrogens is 1. The molecule has 70 valence electrons. The second kappa shape index (κ2) is 3.64. The first-order valence-electron chi connectivity index (χ1n) is 4.30. The van der Waals surface area contributed by atoms with Crippen LogP contribution >= 0.6 is 15.9 Å². The standard InChI is InChI=1S/C9H11BrN2O/c10-8-5-11-2-1-9(8)12-6-3-7(13)4-6/h1-2,5-7,13H,3-4H2,(H,11,12). The van der Waals surface area contributed by atoms with Crippen molar-refractivity contribution in [3.63, 3.8) is 0 Å². The molecule has 1 aliphatic rings. The van der Waals surface area contributed by atoms with Crippen LogP contribution in [0.5, 0.6) is 0 Å². The van der Waals surface area contributed by atoms with Gasteiger partial charge in [-0.2, -0.15) is 0 Å². The van der Waals surface area contributed by atoms with Gasteiger partial charge in [0.2, 0.25) is 0 Å². The molecule has 0 spiro atoms. The number of anilines is 1. The largest absolute Gasteiger partial charge is 0.393 e. The number of hydrogen-bond donors (Lipinski definition) is 2. The van der Waals surface area contributed by atoms with E-state index in [1.807, 2.05) is 6.07 Å². The first-order valence-corrected chi connectivity index (χ1v) is 5.09. The number of rotatable bonds is 2. The predicted octanol–water partition coefficient (Wildman–Crippen LogP) is 1.78. The highest BCUT2D eigenvalue weighted by atomic mass is 79.9. The van der Waals surface area contributed by atoms with E-state index in [0.717, 1.165) is 23.0 Å². The van der Waals surface area contributed by atoms with Crippen LogP contribution in [0.2, 0.25) is 0 Å². The van der Waals surface area contributed by atoms with Gasteiger partial charge in [0.1, 0.15) is 0 Å². The van der Waals surface area contributed by atoms with Gasteiger partial charge in [-0.3, -0.25) is 4.98 Å². The summed E-state index contributed by atoms with van der Waals surface area (Å²) in [6, 6.07) is 2.34. The molecule has 1 aromatic heterocycles. The number of hydrogen-bond acceptors (Lipinski definition) is 3. The average molecular weight is 243 g/mol. The fourth-order valence-corrected chi connectivity index (χ4v) is 1.78. The minimum atomic E-state index is -0.113. The van der Waals surface area contributed by atoms with Crippen molar-refractivity contribution in [2.75, 3.05) is 5.32 Å². The third-order valence-electron chi connectivity index (χ3n) is 2.25. The highest BCUT2D eigenvalue weighted by Gasteiger charge is 2.27. The molecule has 1 heterocycles. The van der Waals surface area contributed by atoms with Crippen molar-refractivity contribution >= 4 is 21.6 Å². The van der Waals surface area contributed by atoms with Crippen LogP contribution in [0, 0.1) is 0 Å². The summed E-state index contributed by atoms with van der Waals surface area (Å²) in [4.78, 5) is 3.97. The molecule has 2 rings (SSSR count). The molecule has 1 saturated carbocycles. The highest BCUT2D eigenvalue weighted by Crippen LogP contribution is 2.27. The van der Waals surface area contributed by atoms with Crippen molar-refractivity contribution < 1.29 is 5.11 Å². The van der Waals surface area contributed by atoms with Gasteiger partial charge in [-0.05, 0) is 34.8 Å². The fraction of sp³-hybridized carbons (Fsp3) is 0.444. The van der Waals surface area contributed by atoms with Crippen molar-refractivity contribution in [2.24, 2.45) is 0 Å². The number of aliphatic hydroxyl groups excluding tert-OH is 1. The van der Waals surface area contributed by atoms with Gasteiger partial charge in [-0.25, -0.2) is 0 Å². The summed E-state index contributed by atoms with van der Waals surface area (Å²) >= 11 is 3.41. The molecular weight excluding hydrogens is 232 g/mol. The molecule has 1 fully saturated rings. The number of halogens is 1. The van der Waals surface area contributed by atoms with Gasteiger partial charge >= 0.3 is 0 Å². The molecule has 0 amide bonds. The summed E-state index contributed by atoms with van der Waals surface area (Å²) in [6.07, 6.45) is 5.08. The van der Waals surface area contributed by atoms with E-state index < -0.39 is 0 Å². The Labute approximate surface area is 85.3 Å². The molecule has 0 unspecified atom stereocenters. The summed E-state index contributed by atoms with van der Waals surface area (Å²) in [5.74, 6) is 0. The number of nitrogens with zero attached hydrogens (tertiary/aromatic N) is 1. The number of pyridine rings is 1. The van der Waals surface area contributed by atoms with Gasteiger partial charge in [-0.1, -0.05) is 0 Å². The highest BCUT2D eigenvalue weighted by molar-refractivity contribution is 9.10. The summed E-state index contributed by atoms with van der Waals surface area (Å²) in [6.45, 7) is 0. The van der Waals surface area contributed by atoms with Gasteiger partial charge in [0.05, 0.1) is 16.3 Å². The van der Waals surface area contributed by atoms with Crippen LogP contribution in [0.4, 0.5) is 5.69 Å². The third kappa shape index (κ3) is 2.00. The maximum Gasteiger partial charge on any atom is 0.0590 e. The molecule has 0 bridgehead atoms. The van der Waals surface area contributed by atoms with E-state index in [2.05, 4.69) is 26.2 Å². The van der Waals surface area contributed by atoms with E-state index in [9.17, 15) is 0 Å². The normalized spacial score (nSPS) is 26.6. The van der Waals surface area contributed by atoms with Gasteiger partial charge in [0, 0.05) is 18.4 Å². The second-order valence-corrected chi connectivity index (χ2v) is 4.18. The minimum absolute atomic E-state index is 0.113. The van der Waals surface area contributed by atoms with E-state index in [0.29, 0.717) is 6.04 Å². The SMILES string of the molecule is OC1CC(Nc2ccncc2Br)C1. The van der Waals surface area contributed by atoms with Crippen LogP contribution in [0.1, 0.15) is 12.8 Å². The molecule has 13 heavy (non-hydrogen) atoms. The van der Waals surface area contributed by atoms with E-state index >= 15 is 0 Å². The lowest BCUT2D eigenvalue weighted by atomic mass is 9.89. The first-order chi connectivity index (χ1) is 6.25. The van der Waals surface area contributed by atoms with Gasteiger partial charge < -0.3 is 10.4 Å². The minimum Gasteiger partial charge on any atom is -0.393 e. The topological polar surface area (TPSA) is 45.1 Å². The van der Waals surface area contributed by atoms with Gasteiger partial charge in [-0.15, -0.1) is 0 Å². The van der Waals surface area contributed by atoms with E-state index in [4.69, 9.17) is 5.11 Å². The smallest absolute Gasteiger partial charge is 0.0590 e. The van der Waals surface area contributed by atoms with Crippen molar-refractivity contribution in [1.29, 1.82) is 0 Å². The molecular formula is C9H11BrN2O. The Hall–Kier alpha value is -0.610. The van der Waals surface area contributed by atoms with Crippen LogP contribution in [0.15, 0.2) is 22.9 Å². The van der Waals surface area contributed by atoms with Crippen molar-refractivity contribution in [2.45, 2.75) is 25.0 Å². The zero-order valence-corrected chi connectivity index (χ0v) is 8.66. The Balaban J connectivity index is 1.98. The molecule has 1 aliphatic carbocycles. The van der Waals surface area contributed by atoms with Crippen LogP contribution in [0.3, 0.4) is 0 Å². The zero-order chi connectivity index (χ0) is 9.26. The molecule has 4 heteroatoms. The molecule has 0 radical (unpaired) electrons. The number of aliphatic hydroxyl groups is 1. The van der Waals surface area contributed by atoms with Crippen molar-refractivity contribution in [3.8, 4) is 0 Å². The van der Waals surface area contributed by atoms with Crippen molar-refractivity contribution in [3.05, 3.63) is 22.9 Å². The third-order valence-corrected chi connectivity index (χ3v) is 2.88. The number of nitrogens with one attached hydrogen (secondary N) is 1. The summed E-state index contributed by atoms with van der Waals surface area (Å²) in [5.41, 5.74) is 1.05. The molecule has 0 aliphatic heterocycles. The summed E-state index contributed by atoms with van der Waals surface area (Å²) < 4.78 is 0.969. The van der Waals surface area contributed by atoms with Crippen LogP contribution in [-0.2, 0) is 0 Å². The Morgan fingerprint density at radius 1 is 1.54 bits per heavy atom. The second-order valence-electron chi connectivity index (χ2n) is 3.32. The fourth-order valence-electron chi connectivity index (χ4n) is 1.42. The van der Waals surface area contributed by atoms with Gasteiger partial charge in [0.25, 0.3) is 0 Å². The molecule has 1 aromatic rings. The Bertz CT molecular complexity index is 299.